The van der Waals surface area contributed by atoms with Gasteiger partial charge in [0.25, 0.3) is 10.0 Å². The van der Waals surface area contributed by atoms with Crippen molar-refractivity contribution in [2.24, 2.45) is 0 Å². The maximum absolute atomic E-state index is 14.3. The van der Waals surface area contributed by atoms with E-state index in [1.807, 2.05) is 0 Å². The lowest BCUT2D eigenvalue weighted by molar-refractivity contribution is -0.137. The van der Waals surface area contributed by atoms with E-state index < -0.39 is 34.0 Å². The minimum atomic E-state index is -4.31. The Kier molecular flexibility index (Phi) is 8.97. The van der Waals surface area contributed by atoms with Crippen LogP contribution in [0.15, 0.2) is 53.6 Å². The van der Waals surface area contributed by atoms with Crippen molar-refractivity contribution in [3.05, 3.63) is 76.2 Å². The number of aliphatic hydroxyl groups is 1. The number of aliphatic hydroxyl groups excluding tert-OH is 1. The number of sulfonamides is 1. The van der Waals surface area contributed by atoms with Gasteiger partial charge in [-0.3, -0.25) is 9.10 Å². The summed E-state index contributed by atoms with van der Waals surface area (Å²) in [6.07, 6.45) is 2.80. The van der Waals surface area contributed by atoms with Crippen LogP contribution in [0.3, 0.4) is 0 Å². The third kappa shape index (κ3) is 6.72. The number of carbonyl (C=O) groups is 1. The van der Waals surface area contributed by atoms with Crippen LogP contribution in [0.4, 0.5) is 10.1 Å². The fourth-order valence-electron chi connectivity index (χ4n) is 4.09. The van der Waals surface area contributed by atoms with Crippen LogP contribution in [0.1, 0.15) is 36.5 Å². The zero-order valence-corrected chi connectivity index (χ0v) is 23.3. The number of aliphatic carboxylic acids is 1. The number of aryl methyl sites for hydroxylation is 1. The lowest BCUT2D eigenvalue weighted by atomic mass is 10.1. The Morgan fingerprint density at radius 3 is 2.77 bits per heavy atom. The molecule has 2 heterocycles. The summed E-state index contributed by atoms with van der Waals surface area (Å²) < 4.78 is 55.1. The second-order valence-electron chi connectivity index (χ2n) is 9.38. The second-order valence-corrected chi connectivity index (χ2v) is 11.6. The Bertz CT molecular complexity index is 1530. The number of ether oxygens (including phenoxy) is 2. The van der Waals surface area contributed by atoms with E-state index in [1.165, 1.54) is 37.4 Å². The molecule has 3 aromatic rings. The molecule has 2 aromatic carbocycles. The molecule has 12 heteroatoms. The molecule has 9 nitrogen and oxygen atoms in total. The minimum absolute atomic E-state index is 0.0751. The van der Waals surface area contributed by atoms with Gasteiger partial charge < -0.3 is 19.7 Å². The molecule has 1 aliphatic heterocycles. The molecule has 212 valence electrons. The molecule has 0 aliphatic carbocycles. The molecule has 0 spiro atoms. The van der Waals surface area contributed by atoms with Gasteiger partial charge in [0.2, 0.25) is 5.88 Å². The minimum Gasteiger partial charge on any atom is -0.486 e. The van der Waals surface area contributed by atoms with Crippen molar-refractivity contribution in [1.82, 2.24) is 4.98 Å². The molecule has 2 atom stereocenters. The van der Waals surface area contributed by atoms with Crippen LogP contribution in [0.2, 0.25) is 5.02 Å². The summed E-state index contributed by atoms with van der Waals surface area (Å²) in [5.41, 5.74) is 1.49. The molecule has 0 bridgehead atoms. The highest BCUT2D eigenvalue weighted by Crippen LogP contribution is 2.40. The number of carboxylic acids is 1. The molecule has 0 amide bonds. The smallest absolute Gasteiger partial charge is 0.303 e. The quantitative estimate of drug-likeness (QED) is 0.318. The highest BCUT2D eigenvalue weighted by Gasteiger charge is 2.37. The number of carboxylic acid groups (broad SMARTS) is 1. The van der Waals surface area contributed by atoms with E-state index in [4.69, 9.17) is 26.2 Å². The van der Waals surface area contributed by atoms with Crippen molar-refractivity contribution < 1.29 is 37.3 Å². The maximum atomic E-state index is 14.3. The molecule has 1 aromatic heterocycles. The molecule has 2 N–H and O–H groups in total. The van der Waals surface area contributed by atoms with Crippen LogP contribution >= 0.6 is 11.6 Å². The number of nitrogens with zero attached hydrogens (tertiary/aromatic N) is 2. The molecule has 0 saturated carbocycles. The summed E-state index contributed by atoms with van der Waals surface area (Å²) in [4.78, 5) is 15.1. The average molecular weight is 591 g/mol. The number of hydrogen-bond donors (Lipinski definition) is 2. The van der Waals surface area contributed by atoms with E-state index in [-0.39, 0.29) is 58.8 Å². The van der Waals surface area contributed by atoms with Gasteiger partial charge in [0.1, 0.15) is 29.2 Å². The van der Waals surface area contributed by atoms with Crippen molar-refractivity contribution in [2.45, 2.75) is 43.8 Å². The van der Waals surface area contributed by atoms with Gasteiger partial charge in [0, 0.05) is 18.2 Å². The number of halogens is 2. The SMILES string of the molecule is Cc1cnc(OC[C@H](C)O)c(S(=O)(=O)N2C[C@H](CCC(=O)O)Oc3ccc(/C=C/c4c(F)cccc4Cl)cc32)c1. The van der Waals surface area contributed by atoms with E-state index in [1.54, 1.807) is 37.3 Å². The fourth-order valence-corrected chi connectivity index (χ4v) is 5.98. The number of anilines is 1. The first-order valence-electron chi connectivity index (χ1n) is 12.4. The lowest BCUT2D eigenvalue weighted by Gasteiger charge is -2.35. The van der Waals surface area contributed by atoms with Gasteiger partial charge in [-0.2, -0.15) is 0 Å². The van der Waals surface area contributed by atoms with Crippen molar-refractivity contribution in [1.29, 1.82) is 0 Å². The Morgan fingerprint density at radius 1 is 1.30 bits per heavy atom. The molecule has 4 rings (SSSR count). The molecule has 1 aliphatic rings. The number of rotatable bonds is 10. The standard InChI is InChI=1S/C28H28ClFN2O7S/c1-17-12-26(28(31-14-17)38-16-18(2)33)40(36,37)32-15-20(8-11-27(34)35)39-25-10-7-19(13-24(25)32)6-9-21-22(29)4-3-5-23(21)30/h3-7,9-10,12-14,18,20,33H,8,11,15-16H2,1-2H3,(H,34,35)/b9-6+/t18-,20-/m0/s1. The van der Waals surface area contributed by atoms with Crippen molar-refractivity contribution >= 4 is 45.4 Å². The molecule has 40 heavy (non-hydrogen) atoms. The number of aromatic nitrogens is 1. The zero-order chi connectivity index (χ0) is 29.0. The first kappa shape index (κ1) is 29.3. The van der Waals surface area contributed by atoms with Gasteiger partial charge in [0.05, 0.1) is 23.4 Å². The van der Waals surface area contributed by atoms with Crippen molar-refractivity contribution in [3.63, 3.8) is 0 Å². The largest absolute Gasteiger partial charge is 0.486 e. The molecular weight excluding hydrogens is 563 g/mol. The van der Waals surface area contributed by atoms with E-state index >= 15 is 0 Å². The van der Waals surface area contributed by atoms with Crippen LogP contribution in [0.5, 0.6) is 11.6 Å². The Morgan fingerprint density at radius 2 is 2.08 bits per heavy atom. The van der Waals surface area contributed by atoms with Gasteiger partial charge in [0.15, 0.2) is 0 Å². The van der Waals surface area contributed by atoms with Crippen LogP contribution in [0.25, 0.3) is 12.2 Å². The third-order valence-corrected chi connectivity index (χ3v) is 8.13. The van der Waals surface area contributed by atoms with Gasteiger partial charge in [-0.15, -0.1) is 0 Å². The monoisotopic (exact) mass is 590 g/mol. The second kappa shape index (κ2) is 12.2. The van der Waals surface area contributed by atoms with E-state index in [0.717, 1.165) is 4.31 Å². The number of fused-ring (bicyclic) bond motifs is 1. The highest BCUT2D eigenvalue weighted by atomic mass is 35.5. The Balaban J connectivity index is 1.78. The molecule has 0 radical (unpaired) electrons. The summed E-state index contributed by atoms with van der Waals surface area (Å²) in [5.74, 6) is -1.48. The normalized spacial score (nSPS) is 15.9. The summed E-state index contributed by atoms with van der Waals surface area (Å²) in [5, 5.41) is 19.0. The van der Waals surface area contributed by atoms with Gasteiger partial charge >= 0.3 is 5.97 Å². The summed E-state index contributed by atoms with van der Waals surface area (Å²) >= 11 is 6.13. The first-order chi connectivity index (χ1) is 19.0. The molecule has 0 fully saturated rings. The third-order valence-electron chi connectivity index (χ3n) is 6.02. The molecule has 0 saturated heterocycles. The predicted octanol–water partition coefficient (Wildman–Crippen LogP) is 4.93. The number of pyridine rings is 1. The van der Waals surface area contributed by atoms with Gasteiger partial charge in [-0.05, 0) is 67.8 Å². The highest BCUT2D eigenvalue weighted by molar-refractivity contribution is 7.93. The predicted molar refractivity (Wildman–Crippen MR) is 149 cm³/mol. The topological polar surface area (TPSA) is 126 Å². The van der Waals surface area contributed by atoms with Crippen LogP contribution in [-0.2, 0) is 14.8 Å². The average Bonchev–Trinajstić information content (AvgIpc) is 2.90. The van der Waals surface area contributed by atoms with Crippen molar-refractivity contribution in [2.75, 3.05) is 17.5 Å². The fraction of sp³-hybridized carbons (Fsp3) is 0.286. The first-order valence-corrected chi connectivity index (χ1v) is 14.2. The van der Waals surface area contributed by atoms with E-state index in [0.29, 0.717) is 11.1 Å². The Labute approximate surface area is 236 Å². The molecular formula is C28H28ClFN2O7S. The molecule has 0 unspecified atom stereocenters. The summed E-state index contributed by atoms with van der Waals surface area (Å²) in [6, 6.07) is 10.6. The summed E-state index contributed by atoms with van der Waals surface area (Å²) in [7, 11) is -4.31. The van der Waals surface area contributed by atoms with Crippen LogP contribution in [-0.4, -0.2) is 54.9 Å². The summed E-state index contributed by atoms with van der Waals surface area (Å²) in [6.45, 7) is 2.84. The van der Waals surface area contributed by atoms with E-state index in [2.05, 4.69) is 4.98 Å². The van der Waals surface area contributed by atoms with Crippen molar-refractivity contribution in [3.8, 4) is 11.6 Å². The number of benzene rings is 2. The maximum Gasteiger partial charge on any atom is 0.303 e. The van der Waals surface area contributed by atoms with Gasteiger partial charge in [-0.25, -0.2) is 17.8 Å². The zero-order valence-electron chi connectivity index (χ0n) is 21.8. The van der Waals surface area contributed by atoms with Crippen LogP contribution < -0.4 is 13.8 Å². The Hall–Kier alpha value is -3.67. The van der Waals surface area contributed by atoms with Gasteiger partial charge in [-0.1, -0.05) is 29.8 Å². The van der Waals surface area contributed by atoms with E-state index in [9.17, 15) is 22.7 Å². The number of hydrogen-bond acceptors (Lipinski definition) is 7. The lowest BCUT2D eigenvalue weighted by Crippen LogP contribution is -2.44. The van der Waals surface area contributed by atoms with Crippen LogP contribution in [0, 0.1) is 12.7 Å².